The highest BCUT2D eigenvalue weighted by molar-refractivity contribution is 6.31. The molecule has 102 valence electrons. The van der Waals surface area contributed by atoms with Gasteiger partial charge in [-0.25, -0.2) is 0 Å². The summed E-state index contributed by atoms with van der Waals surface area (Å²) in [5.74, 6) is 0. The number of aliphatic hydroxyl groups excluding tert-OH is 1. The summed E-state index contributed by atoms with van der Waals surface area (Å²) in [6, 6.07) is 18.2. The summed E-state index contributed by atoms with van der Waals surface area (Å²) in [6.07, 6.45) is 0. The van der Waals surface area contributed by atoms with Gasteiger partial charge in [-0.2, -0.15) is 0 Å². The number of halogens is 1. The van der Waals surface area contributed by atoms with E-state index in [0.29, 0.717) is 0 Å². The third kappa shape index (κ3) is 2.21. The topological polar surface area (TPSA) is 25.2 Å². The molecule has 0 spiro atoms. The zero-order valence-corrected chi connectivity index (χ0v) is 12.0. The Labute approximate surface area is 123 Å². The summed E-state index contributed by atoms with van der Waals surface area (Å²) in [7, 11) is 0. The Kier molecular flexibility index (Phi) is 3.51. The molecule has 1 unspecified atom stereocenters. The fourth-order valence-electron chi connectivity index (χ4n) is 2.59. The van der Waals surface area contributed by atoms with Crippen molar-refractivity contribution in [1.29, 1.82) is 0 Å². The second-order valence-electron chi connectivity index (χ2n) is 5.00. The second-order valence-corrected chi connectivity index (χ2v) is 5.44. The Morgan fingerprint density at radius 3 is 2.55 bits per heavy atom. The maximum absolute atomic E-state index is 9.55. The molecule has 0 fully saturated rings. The molecule has 0 aliphatic heterocycles. The van der Waals surface area contributed by atoms with Crippen molar-refractivity contribution in [3.63, 3.8) is 0 Å². The van der Waals surface area contributed by atoms with Crippen molar-refractivity contribution in [2.24, 2.45) is 0 Å². The molecule has 1 heterocycles. The molecular formula is C17H16ClNO. The van der Waals surface area contributed by atoms with Crippen LogP contribution in [0, 0.1) is 0 Å². The fourth-order valence-corrected chi connectivity index (χ4v) is 2.78. The zero-order valence-electron chi connectivity index (χ0n) is 11.3. The van der Waals surface area contributed by atoms with Gasteiger partial charge in [0.25, 0.3) is 0 Å². The summed E-state index contributed by atoms with van der Waals surface area (Å²) in [4.78, 5) is 0. The minimum Gasteiger partial charge on any atom is -0.394 e. The molecule has 1 atom stereocenters. The van der Waals surface area contributed by atoms with E-state index < -0.39 is 0 Å². The minimum atomic E-state index is 0.0175. The van der Waals surface area contributed by atoms with Gasteiger partial charge in [0.2, 0.25) is 0 Å². The summed E-state index contributed by atoms with van der Waals surface area (Å²) in [6.45, 7) is 2.12. The van der Waals surface area contributed by atoms with E-state index in [-0.39, 0.29) is 12.6 Å². The molecule has 1 aromatic heterocycles. The van der Waals surface area contributed by atoms with Crippen molar-refractivity contribution in [1.82, 2.24) is 4.57 Å². The molecule has 0 bridgehead atoms. The van der Waals surface area contributed by atoms with E-state index in [1.807, 2.05) is 43.3 Å². The number of nitrogens with zero attached hydrogens (tertiary/aromatic N) is 1. The highest BCUT2D eigenvalue weighted by Crippen LogP contribution is 2.32. The van der Waals surface area contributed by atoms with Crippen LogP contribution in [0.15, 0.2) is 54.6 Å². The van der Waals surface area contributed by atoms with Crippen molar-refractivity contribution in [3.8, 4) is 11.3 Å². The Morgan fingerprint density at radius 1 is 1.10 bits per heavy atom. The van der Waals surface area contributed by atoms with E-state index in [9.17, 15) is 5.11 Å². The molecule has 1 N–H and O–H groups in total. The van der Waals surface area contributed by atoms with Crippen LogP contribution in [-0.4, -0.2) is 16.3 Å². The van der Waals surface area contributed by atoms with E-state index in [2.05, 4.69) is 22.8 Å². The zero-order chi connectivity index (χ0) is 14.1. The Bertz CT molecular complexity index is 733. The molecule has 2 nitrogen and oxygen atoms in total. The van der Waals surface area contributed by atoms with Crippen molar-refractivity contribution in [2.45, 2.75) is 13.0 Å². The molecule has 3 heteroatoms. The van der Waals surface area contributed by atoms with E-state index in [0.717, 1.165) is 27.2 Å². The SMILES string of the molecule is CC(CO)n1c(-c2ccccc2)cc2cc(Cl)ccc21. The lowest BCUT2D eigenvalue weighted by molar-refractivity contribution is 0.242. The first-order chi connectivity index (χ1) is 9.70. The predicted octanol–water partition coefficient (Wildman–Crippen LogP) is 4.52. The van der Waals surface area contributed by atoms with Gasteiger partial charge in [0, 0.05) is 21.6 Å². The number of aliphatic hydroxyl groups is 1. The molecule has 0 saturated heterocycles. The third-order valence-electron chi connectivity index (χ3n) is 3.58. The Balaban J connectivity index is 2.30. The van der Waals surface area contributed by atoms with Crippen LogP contribution in [0.25, 0.3) is 22.2 Å². The Morgan fingerprint density at radius 2 is 1.85 bits per heavy atom. The maximum Gasteiger partial charge on any atom is 0.0636 e. The molecule has 0 saturated carbocycles. The van der Waals surface area contributed by atoms with Gasteiger partial charge in [0.1, 0.15) is 0 Å². The molecule has 0 aliphatic rings. The van der Waals surface area contributed by atoms with Crippen LogP contribution >= 0.6 is 11.6 Å². The molecule has 20 heavy (non-hydrogen) atoms. The van der Waals surface area contributed by atoms with E-state index in [4.69, 9.17) is 11.6 Å². The molecule has 3 rings (SSSR count). The van der Waals surface area contributed by atoms with Crippen molar-refractivity contribution >= 4 is 22.5 Å². The normalized spacial score (nSPS) is 12.8. The summed E-state index contributed by atoms with van der Waals surface area (Å²) < 4.78 is 2.17. The van der Waals surface area contributed by atoms with Crippen LogP contribution in [0.4, 0.5) is 0 Å². The van der Waals surface area contributed by atoms with Gasteiger partial charge >= 0.3 is 0 Å². The predicted molar refractivity (Wildman–Crippen MR) is 84.2 cm³/mol. The van der Waals surface area contributed by atoms with Crippen LogP contribution in [0.2, 0.25) is 5.02 Å². The molecule has 0 radical (unpaired) electrons. The van der Waals surface area contributed by atoms with Gasteiger partial charge < -0.3 is 9.67 Å². The Hall–Kier alpha value is -1.77. The summed E-state index contributed by atoms with van der Waals surface area (Å²) in [5, 5.41) is 11.4. The van der Waals surface area contributed by atoms with Crippen LogP contribution in [-0.2, 0) is 0 Å². The first-order valence-corrected chi connectivity index (χ1v) is 7.05. The largest absolute Gasteiger partial charge is 0.394 e. The molecule has 2 aromatic carbocycles. The van der Waals surface area contributed by atoms with Crippen molar-refractivity contribution in [2.75, 3.05) is 6.61 Å². The minimum absolute atomic E-state index is 0.0175. The van der Waals surface area contributed by atoms with E-state index in [1.165, 1.54) is 0 Å². The van der Waals surface area contributed by atoms with Gasteiger partial charge in [0.05, 0.1) is 12.6 Å². The number of hydrogen-bond donors (Lipinski definition) is 1. The highest BCUT2D eigenvalue weighted by Gasteiger charge is 2.15. The van der Waals surface area contributed by atoms with Gasteiger partial charge in [-0.1, -0.05) is 41.9 Å². The standard InChI is InChI=1S/C17H16ClNO/c1-12(11-20)19-16-8-7-15(18)9-14(16)10-17(19)13-5-3-2-4-6-13/h2-10,12,20H,11H2,1H3. The quantitative estimate of drug-likeness (QED) is 0.752. The van der Waals surface area contributed by atoms with Crippen LogP contribution < -0.4 is 0 Å². The lowest BCUT2D eigenvalue weighted by Gasteiger charge is -2.17. The maximum atomic E-state index is 9.55. The number of fused-ring (bicyclic) bond motifs is 1. The van der Waals surface area contributed by atoms with Crippen molar-refractivity contribution in [3.05, 3.63) is 59.6 Å². The fraction of sp³-hybridized carbons (Fsp3) is 0.176. The summed E-state index contributed by atoms with van der Waals surface area (Å²) in [5.41, 5.74) is 3.33. The van der Waals surface area contributed by atoms with Crippen LogP contribution in [0.1, 0.15) is 13.0 Å². The summed E-state index contributed by atoms with van der Waals surface area (Å²) >= 11 is 6.08. The third-order valence-corrected chi connectivity index (χ3v) is 3.81. The molecule has 0 aliphatic carbocycles. The van der Waals surface area contributed by atoms with Gasteiger partial charge in [-0.15, -0.1) is 0 Å². The average Bonchev–Trinajstić information content (AvgIpc) is 2.85. The highest BCUT2D eigenvalue weighted by atomic mass is 35.5. The second kappa shape index (κ2) is 5.31. The first-order valence-electron chi connectivity index (χ1n) is 6.67. The number of aromatic nitrogens is 1. The lowest BCUT2D eigenvalue weighted by Crippen LogP contribution is -2.10. The van der Waals surface area contributed by atoms with E-state index >= 15 is 0 Å². The average molecular weight is 286 g/mol. The van der Waals surface area contributed by atoms with Gasteiger partial charge in [-0.3, -0.25) is 0 Å². The monoisotopic (exact) mass is 285 g/mol. The van der Waals surface area contributed by atoms with Gasteiger partial charge in [-0.05, 0) is 36.8 Å². The molecule has 0 amide bonds. The first kappa shape index (κ1) is 13.2. The van der Waals surface area contributed by atoms with Crippen molar-refractivity contribution < 1.29 is 5.11 Å². The number of hydrogen-bond acceptors (Lipinski definition) is 1. The number of rotatable bonds is 3. The van der Waals surface area contributed by atoms with Crippen LogP contribution in [0.5, 0.6) is 0 Å². The van der Waals surface area contributed by atoms with Crippen LogP contribution in [0.3, 0.4) is 0 Å². The lowest BCUT2D eigenvalue weighted by atomic mass is 10.1. The molecule has 3 aromatic rings. The van der Waals surface area contributed by atoms with Gasteiger partial charge in [0.15, 0.2) is 0 Å². The molecular weight excluding hydrogens is 270 g/mol. The van der Waals surface area contributed by atoms with E-state index in [1.54, 1.807) is 0 Å². The number of benzene rings is 2. The smallest absolute Gasteiger partial charge is 0.0636 e.